The van der Waals surface area contributed by atoms with Gasteiger partial charge >= 0.3 is 6.09 Å². The molecule has 130 valence electrons. The first-order chi connectivity index (χ1) is 11.3. The monoisotopic (exact) mass is 443 g/mol. The van der Waals surface area contributed by atoms with Gasteiger partial charge in [-0.2, -0.15) is 0 Å². The standard InChI is InChI=1S/C16H22IN5O2/c1-16(2,3)24-15(23)22-6-4-21(5-7-22)14-9-12(11-19-20-18)8-13(17)10-14/h8-10H,4-7,11H2,1-3H3. The zero-order valence-electron chi connectivity index (χ0n) is 14.2. The molecule has 0 radical (unpaired) electrons. The topological polar surface area (TPSA) is 81.5 Å². The Morgan fingerprint density at radius 3 is 2.54 bits per heavy atom. The highest BCUT2D eigenvalue weighted by molar-refractivity contribution is 14.1. The summed E-state index contributed by atoms with van der Waals surface area (Å²) < 4.78 is 6.52. The maximum Gasteiger partial charge on any atom is 0.410 e. The Bertz CT molecular complexity index is 644. The fourth-order valence-corrected chi connectivity index (χ4v) is 3.21. The summed E-state index contributed by atoms with van der Waals surface area (Å²) in [5, 5.41) is 3.63. The number of anilines is 1. The molecular formula is C16H22IN5O2. The van der Waals surface area contributed by atoms with Crippen LogP contribution < -0.4 is 4.90 Å². The first kappa shape index (κ1) is 18.7. The van der Waals surface area contributed by atoms with Gasteiger partial charge in [0.15, 0.2) is 0 Å². The molecule has 0 aliphatic carbocycles. The number of nitrogens with zero attached hydrogens (tertiary/aromatic N) is 5. The minimum absolute atomic E-state index is 0.256. The van der Waals surface area contributed by atoms with Crippen molar-refractivity contribution < 1.29 is 9.53 Å². The maximum absolute atomic E-state index is 12.1. The van der Waals surface area contributed by atoms with E-state index in [0.29, 0.717) is 19.6 Å². The van der Waals surface area contributed by atoms with Crippen LogP contribution in [0.2, 0.25) is 0 Å². The van der Waals surface area contributed by atoms with Gasteiger partial charge in [0.2, 0.25) is 0 Å². The van der Waals surface area contributed by atoms with Crippen LogP contribution in [0.15, 0.2) is 23.3 Å². The number of carbonyl (C=O) groups excluding carboxylic acids is 1. The molecule has 1 aromatic rings. The second-order valence-corrected chi connectivity index (χ2v) is 7.91. The highest BCUT2D eigenvalue weighted by atomic mass is 127. The normalized spacial score (nSPS) is 15.0. The molecule has 0 spiro atoms. The molecule has 0 bridgehead atoms. The lowest BCUT2D eigenvalue weighted by Gasteiger charge is -2.37. The number of hydrogen-bond donors (Lipinski definition) is 0. The largest absolute Gasteiger partial charge is 0.444 e. The molecule has 1 amide bonds. The lowest BCUT2D eigenvalue weighted by atomic mass is 10.1. The summed E-state index contributed by atoms with van der Waals surface area (Å²) in [6, 6.07) is 6.15. The average Bonchev–Trinajstić information content (AvgIpc) is 2.51. The van der Waals surface area contributed by atoms with Crippen LogP contribution in [0.3, 0.4) is 0 Å². The van der Waals surface area contributed by atoms with Crippen molar-refractivity contribution >= 4 is 34.4 Å². The molecule has 0 aromatic heterocycles. The summed E-state index contributed by atoms with van der Waals surface area (Å²) in [5.41, 5.74) is 10.1. The Morgan fingerprint density at radius 2 is 1.96 bits per heavy atom. The first-order valence-corrected chi connectivity index (χ1v) is 8.89. The predicted octanol–water partition coefficient (Wildman–Crippen LogP) is 4.16. The first-order valence-electron chi connectivity index (χ1n) is 7.82. The lowest BCUT2D eigenvalue weighted by Crippen LogP contribution is -2.50. The maximum atomic E-state index is 12.1. The highest BCUT2D eigenvalue weighted by Gasteiger charge is 2.26. The molecule has 7 nitrogen and oxygen atoms in total. The van der Waals surface area contributed by atoms with Crippen molar-refractivity contribution in [2.24, 2.45) is 5.11 Å². The van der Waals surface area contributed by atoms with Crippen molar-refractivity contribution in [3.8, 4) is 0 Å². The molecular weight excluding hydrogens is 421 g/mol. The summed E-state index contributed by atoms with van der Waals surface area (Å²) in [7, 11) is 0. The van der Waals surface area contributed by atoms with Gasteiger partial charge in [-0.1, -0.05) is 5.11 Å². The quantitative estimate of drug-likeness (QED) is 0.305. The Kier molecular flexibility index (Phi) is 6.17. The average molecular weight is 443 g/mol. The minimum Gasteiger partial charge on any atom is -0.444 e. The van der Waals surface area contributed by atoms with Gasteiger partial charge in [0.25, 0.3) is 0 Å². The summed E-state index contributed by atoms with van der Waals surface area (Å²) in [4.78, 5) is 18.9. The fourth-order valence-electron chi connectivity index (χ4n) is 2.49. The van der Waals surface area contributed by atoms with Crippen LogP contribution in [0.4, 0.5) is 10.5 Å². The van der Waals surface area contributed by atoms with Gasteiger partial charge in [0, 0.05) is 40.3 Å². The van der Waals surface area contributed by atoms with Gasteiger partial charge in [0.05, 0.1) is 6.54 Å². The molecule has 1 heterocycles. The van der Waals surface area contributed by atoms with Crippen molar-refractivity contribution in [1.82, 2.24) is 4.90 Å². The molecule has 2 rings (SSSR count). The van der Waals surface area contributed by atoms with E-state index in [0.717, 1.165) is 27.9 Å². The summed E-state index contributed by atoms with van der Waals surface area (Å²) in [6.45, 7) is 8.73. The Morgan fingerprint density at radius 1 is 1.29 bits per heavy atom. The summed E-state index contributed by atoms with van der Waals surface area (Å²) in [6.07, 6.45) is -0.256. The Labute approximate surface area is 155 Å². The lowest BCUT2D eigenvalue weighted by molar-refractivity contribution is 0.0240. The van der Waals surface area contributed by atoms with Crippen molar-refractivity contribution in [2.45, 2.75) is 32.9 Å². The van der Waals surface area contributed by atoms with Crippen LogP contribution >= 0.6 is 22.6 Å². The number of azide groups is 1. The molecule has 0 N–H and O–H groups in total. The van der Waals surface area contributed by atoms with E-state index in [2.05, 4.69) is 43.6 Å². The molecule has 1 fully saturated rings. The Hall–Kier alpha value is -1.67. The van der Waals surface area contributed by atoms with Gasteiger partial charge in [-0.25, -0.2) is 4.79 Å². The molecule has 1 aliphatic rings. The number of halogens is 1. The van der Waals surface area contributed by atoms with Gasteiger partial charge < -0.3 is 14.5 Å². The third-order valence-corrected chi connectivity index (χ3v) is 4.18. The smallest absolute Gasteiger partial charge is 0.410 e. The number of carbonyl (C=O) groups is 1. The van der Waals surface area contributed by atoms with Gasteiger partial charge in [0.1, 0.15) is 5.60 Å². The molecule has 0 unspecified atom stereocenters. The van der Waals surface area contributed by atoms with E-state index in [4.69, 9.17) is 10.3 Å². The number of rotatable bonds is 3. The van der Waals surface area contributed by atoms with Crippen LogP contribution in [-0.4, -0.2) is 42.8 Å². The highest BCUT2D eigenvalue weighted by Crippen LogP contribution is 2.23. The third kappa shape index (κ3) is 5.45. The molecule has 0 atom stereocenters. The number of amides is 1. The second-order valence-electron chi connectivity index (χ2n) is 6.66. The van der Waals surface area contributed by atoms with E-state index >= 15 is 0 Å². The van der Waals surface area contributed by atoms with Crippen LogP contribution in [0.5, 0.6) is 0 Å². The van der Waals surface area contributed by atoms with Crippen LogP contribution in [0.1, 0.15) is 26.3 Å². The van der Waals surface area contributed by atoms with E-state index in [1.165, 1.54) is 0 Å². The zero-order chi connectivity index (χ0) is 17.7. The number of ether oxygens (including phenoxy) is 1. The molecule has 1 saturated heterocycles. The zero-order valence-corrected chi connectivity index (χ0v) is 16.4. The molecule has 0 saturated carbocycles. The predicted molar refractivity (Wildman–Crippen MR) is 102 cm³/mol. The minimum atomic E-state index is -0.472. The van der Waals surface area contributed by atoms with Crippen LogP contribution in [0, 0.1) is 3.57 Å². The number of hydrogen-bond acceptors (Lipinski definition) is 4. The molecule has 8 heteroatoms. The molecule has 1 aromatic carbocycles. The Balaban J connectivity index is 2.00. The number of benzene rings is 1. The fraction of sp³-hybridized carbons (Fsp3) is 0.562. The summed E-state index contributed by atoms with van der Waals surface area (Å²) in [5.74, 6) is 0. The second kappa shape index (κ2) is 7.94. The third-order valence-electron chi connectivity index (χ3n) is 3.56. The van der Waals surface area contributed by atoms with E-state index in [-0.39, 0.29) is 6.09 Å². The number of piperazine rings is 1. The van der Waals surface area contributed by atoms with E-state index < -0.39 is 5.60 Å². The van der Waals surface area contributed by atoms with Crippen molar-refractivity contribution in [1.29, 1.82) is 0 Å². The van der Waals surface area contributed by atoms with E-state index in [1.54, 1.807) is 4.90 Å². The van der Waals surface area contributed by atoms with Crippen molar-refractivity contribution in [3.05, 3.63) is 37.8 Å². The molecule has 1 aliphatic heterocycles. The van der Waals surface area contributed by atoms with Crippen LogP contribution in [-0.2, 0) is 11.3 Å². The van der Waals surface area contributed by atoms with E-state index in [9.17, 15) is 4.79 Å². The van der Waals surface area contributed by atoms with Crippen molar-refractivity contribution in [3.63, 3.8) is 0 Å². The van der Waals surface area contributed by atoms with Gasteiger partial charge in [-0.3, -0.25) is 0 Å². The van der Waals surface area contributed by atoms with Gasteiger partial charge in [-0.15, -0.1) is 0 Å². The summed E-state index contributed by atoms with van der Waals surface area (Å²) >= 11 is 2.26. The van der Waals surface area contributed by atoms with Crippen LogP contribution in [0.25, 0.3) is 10.4 Å². The SMILES string of the molecule is CC(C)(C)OC(=O)N1CCN(c2cc(I)cc(CN=[N+]=[N-])c2)CC1. The van der Waals surface area contributed by atoms with Crippen molar-refractivity contribution in [2.75, 3.05) is 31.1 Å². The van der Waals surface area contributed by atoms with Gasteiger partial charge in [-0.05, 0) is 72.7 Å². The molecule has 24 heavy (non-hydrogen) atoms. The van der Waals surface area contributed by atoms with E-state index in [1.807, 2.05) is 32.9 Å².